The summed E-state index contributed by atoms with van der Waals surface area (Å²) in [5, 5.41) is 0.640. The van der Waals surface area contributed by atoms with Crippen molar-refractivity contribution in [1.82, 2.24) is 0 Å². The number of aryl methyl sites for hydroxylation is 2. The van der Waals surface area contributed by atoms with E-state index in [9.17, 15) is 4.79 Å². The summed E-state index contributed by atoms with van der Waals surface area (Å²) in [6, 6.07) is 19.8. The third-order valence-corrected chi connectivity index (χ3v) is 5.76. The Morgan fingerprint density at radius 3 is 2.21 bits per heavy atom. The largest absolute Gasteiger partial charge is 0.465 e. The Morgan fingerprint density at radius 1 is 0.966 bits per heavy atom. The molecule has 1 saturated heterocycles. The summed E-state index contributed by atoms with van der Waals surface area (Å²) in [5.74, 6) is 0.551. The molecule has 1 amide bonds. The molecule has 5 heteroatoms. The highest BCUT2D eigenvalue weighted by Crippen LogP contribution is 2.37. The molecule has 4 nitrogen and oxygen atoms in total. The second-order valence-corrected chi connectivity index (χ2v) is 7.71. The standard InChI is InChI=1S/C24H22N2O2S/c1-3-17-7-11-19(12-8-17)25-24-26(20-13-9-18(4-2)10-14-20)23(27)22(29-24)16-21-6-5-15-28-21/h5-16H,3-4H2,1-2H3/b22-16-,25-24?. The van der Waals surface area contributed by atoms with Gasteiger partial charge in [0.15, 0.2) is 5.17 Å². The predicted octanol–water partition coefficient (Wildman–Crippen LogP) is 6.21. The van der Waals surface area contributed by atoms with Crippen molar-refractivity contribution >= 4 is 40.3 Å². The summed E-state index contributed by atoms with van der Waals surface area (Å²) < 4.78 is 5.39. The van der Waals surface area contributed by atoms with Crippen LogP contribution in [-0.4, -0.2) is 11.1 Å². The minimum atomic E-state index is -0.0976. The van der Waals surface area contributed by atoms with Crippen molar-refractivity contribution in [3.8, 4) is 0 Å². The molecular weight excluding hydrogens is 380 g/mol. The first-order valence-corrected chi connectivity index (χ1v) is 10.5. The van der Waals surface area contributed by atoms with Gasteiger partial charge in [-0.2, -0.15) is 0 Å². The van der Waals surface area contributed by atoms with E-state index >= 15 is 0 Å². The van der Waals surface area contributed by atoms with Crippen LogP contribution in [0.1, 0.15) is 30.7 Å². The van der Waals surface area contributed by atoms with Gasteiger partial charge in [0.25, 0.3) is 5.91 Å². The summed E-state index contributed by atoms with van der Waals surface area (Å²) in [4.78, 5) is 20.2. The van der Waals surface area contributed by atoms with Gasteiger partial charge in [0.05, 0.1) is 22.5 Å². The molecule has 1 aromatic heterocycles. The van der Waals surface area contributed by atoms with E-state index in [4.69, 9.17) is 9.41 Å². The fourth-order valence-corrected chi connectivity index (χ4v) is 4.06. The molecule has 0 bridgehead atoms. The van der Waals surface area contributed by atoms with Crippen molar-refractivity contribution in [3.63, 3.8) is 0 Å². The van der Waals surface area contributed by atoms with E-state index in [0.29, 0.717) is 15.8 Å². The second kappa shape index (κ2) is 8.53. The van der Waals surface area contributed by atoms with Crippen molar-refractivity contribution in [3.05, 3.63) is 88.7 Å². The number of carbonyl (C=O) groups is 1. The molecule has 4 rings (SSSR count). The van der Waals surface area contributed by atoms with Crippen LogP contribution in [0.4, 0.5) is 11.4 Å². The quantitative estimate of drug-likeness (QED) is 0.476. The lowest BCUT2D eigenvalue weighted by atomic mass is 10.1. The molecule has 0 saturated carbocycles. The zero-order valence-electron chi connectivity index (χ0n) is 16.5. The summed E-state index contributed by atoms with van der Waals surface area (Å²) in [6.45, 7) is 4.24. The van der Waals surface area contributed by atoms with Gasteiger partial charge < -0.3 is 4.42 Å². The summed E-state index contributed by atoms with van der Waals surface area (Å²) in [5.41, 5.74) is 4.13. The van der Waals surface area contributed by atoms with Crippen molar-refractivity contribution in [2.75, 3.05) is 4.90 Å². The van der Waals surface area contributed by atoms with Crippen LogP contribution in [0.5, 0.6) is 0 Å². The average molecular weight is 403 g/mol. The molecule has 0 spiro atoms. The Balaban J connectivity index is 1.74. The number of aliphatic imine (C=N–C) groups is 1. The van der Waals surface area contributed by atoms with Gasteiger partial charge in [0, 0.05) is 6.08 Å². The van der Waals surface area contributed by atoms with Gasteiger partial charge in [0.2, 0.25) is 0 Å². The topological polar surface area (TPSA) is 45.8 Å². The van der Waals surface area contributed by atoms with Gasteiger partial charge in [-0.1, -0.05) is 38.1 Å². The molecule has 0 radical (unpaired) electrons. The number of rotatable bonds is 5. The molecule has 2 aromatic carbocycles. The van der Waals surface area contributed by atoms with E-state index in [2.05, 4.69) is 38.1 Å². The number of benzene rings is 2. The average Bonchev–Trinajstić information content (AvgIpc) is 3.37. The highest BCUT2D eigenvalue weighted by Gasteiger charge is 2.35. The van der Waals surface area contributed by atoms with E-state index in [1.165, 1.54) is 22.9 Å². The predicted molar refractivity (Wildman–Crippen MR) is 120 cm³/mol. The zero-order chi connectivity index (χ0) is 20.2. The molecule has 29 heavy (non-hydrogen) atoms. The highest BCUT2D eigenvalue weighted by atomic mass is 32.2. The Labute approximate surface area is 175 Å². The number of hydrogen-bond donors (Lipinski definition) is 0. The number of nitrogens with zero attached hydrogens (tertiary/aromatic N) is 2. The number of furan rings is 1. The number of hydrogen-bond acceptors (Lipinski definition) is 4. The van der Waals surface area contributed by atoms with Crippen molar-refractivity contribution in [2.24, 2.45) is 4.99 Å². The Morgan fingerprint density at radius 2 is 1.62 bits per heavy atom. The molecule has 146 valence electrons. The lowest BCUT2D eigenvalue weighted by Crippen LogP contribution is -2.28. The molecule has 1 fully saturated rings. The molecule has 3 aromatic rings. The minimum Gasteiger partial charge on any atom is -0.465 e. The lowest BCUT2D eigenvalue weighted by molar-refractivity contribution is -0.113. The van der Waals surface area contributed by atoms with Gasteiger partial charge in [-0.25, -0.2) is 4.99 Å². The van der Waals surface area contributed by atoms with Crippen LogP contribution in [-0.2, 0) is 17.6 Å². The SMILES string of the molecule is CCc1ccc(N=C2S/C(=C\c3ccco3)C(=O)N2c2ccc(CC)cc2)cc1. The van der Waals surface area contributed by atoms with Gasteiger partial charge >= 0.3 is 0 Å². The first kappa shape index (κ1) is 19.3. The maximum Gasteiger partial charge on any atom is 0.271 e. The second-order valence-electron chi connectivity index (χ2n) is 6.70. The van der Waals surface area contributed by atoms with Crippen LogP contribution in [0.3, 0.4) is 0 Å². The highest BCUT2D eigenvalue weighted by molar-refractivity contribution is 8.19. The number of carbonyl (C=O) groups excluding carboxylic acids is 1. The third kappa shape index (κ3) is 4.20. The van der Waals surface area contributed by atoms with Crippen molar-refractivity contribution < 1.29 is 9.21 Å². The number of anilines is 1. The van der Waals surface area contributed by atoms with Crippen LogP contribution >= 0.6 is 11.8 Å². The Kier molecular flexibility index (Phi) is 5.67. The first-order chi connectivity index (χ1) is 14.2. The van der Waals surface area contributed by atoms with Gasteiger partial charge in [-0.05, 0) is 72.1 Å². The molecule has 1 aliphatic rings. The number of amides is 1. The first-order valence-electron chi connectivity index (χ1n) is 9.72. The minimum absolute atomic E-state index is 0.0976. The Hall–Kier alpha value is -3.05. The summed E-state index contributed by atoms with van der Waals surface area (Å²) in [7, 11) is 0. The van der Waals surface area contributed by atoms with Crippen LogP contribution in [0, 0.1) is 0 Å². The fraction of sp³-hybridized carbons (Fsp3) is 0.167. The van der Waals surface area contributed by atoms with Crippen LogP contribution < -0.4 is 4.90 Å². The zero-order valence-corrected chi connectivity index (χ0v) is 17.3. The van der Waals surface area contributed by atoms with Gasteiger partial charge in [-0.15, -0.1) is 0 Å². The molecule has 2 heterocycles. The van der Waals surface area contributed by atoms with E-state index in [-0.39, 0.29) is 5.91 Å². The van der Waals surface area contributed by atoms with Crippen LogP contribution in [0.2, 0.25) is 0 Å². The molecule has 0 aliphatic carbocycles. The molecule has 0 unspecified atom stereocenters. The molecule has 0 N–H and O–H groups in total. The third-order valence-electron chi connectivity index (χ3n) is 4.80. The van der Waals surface area contributed by atoms with E-state index in [1.54, 1.807) is 17.2 Å². The molecule has 0 atom stereocenters. The van der Waals surface area contributed by atoms with E-state index < -0.39 is 0 Å². The van der Waals surface area contributed by atoms with Crippen LogP contribution in [0.25, 0.3) is 6.08 Å². The van der Waals surface area contributed by atoms with E-state index in [1.807, 2.05) is 36.4 Å². The fourth-order valence-electron chi connectivity index (χ4n) is 3.08. The smallest absolute Gasteiger partial charge is 0.271 e. The lowest BCUT2D eigenvalue weighted by Gasteiger charge is -2.16. The van der Waals surface area contributed by atoms with Gasteiger partial charge in [0.1, 0.15) is 5.76 Å². The summed E-state index contributed by atoms with van der Waals surface area (Å²) in [6.07, 6.45) is 5.30. The summed E-state index contributed by atoms with van der Waals surface area (Å²) >= 11 is 1.36. The van der Waals surface area contributed by atoms with Crippen molar-refractivity contribution in [2.45, 2.75) is 26.7 Å². The number of thioether (sulfide) groups is 1. The van der Waals surface area contributed by atoms with Gasteiger partial charge in [-0.3, -0.25) is 9.69 Å². The molecule has 1 aliphatic heterocycles. The Bertz CT molecular complexity index is 1050. The molecular formula is C24H22N2O2S. The van der Waals surface area contributed by atoms with Crippen molar-refractivity contribution in [1.29, 1.82) is 0 Å². The normalized spacial score (nSPS) is 16.9. The number of amidine groups is 1. The van der Waals surface area contributed by atoms with Crippen LogP contribution in [0.15, 0.2) is 81.2 Å². The maximum absolute atomic E-state index is 13.2. The van der Waals surface area contributed by atoms with E-state index in [0.717, 1.165) is 24.2 Å². The monoisotopic (exact) mass is 402 g/mol. The maximum atomic E-state index is 13.2.